The molecule has 0 saturated heterocycles. The standard InChI is InChI=1S/C22H19ClN2O6S/c1-29-17-10-8-16(9-11-17)22(26)31-21-19(23)12-15(13-20(21)30-2)14-24-25-32(27,28)18-6-4-3-5-7-18/h3-14,25H,1-2H3/b24-14-. The normalized spacial score (nSPS) is 11.2. The van der Waals surface area contributed by atoms with Crippen LogP contribution in [0, 0.1) is 0 Å². The van der Waals surface area contributed by atoms with Crippen LogP contribution in [-0.4, -0.2) is 34.8 Å². The van der Waals surface area contributed by atoms with Crippen LogP contribution < -0.4 is 19.0 Å². The number of carbonyl (C=O) groups is 1. The van der Waals surface area contributed by atoms with Crippen molar-refractivity contribution in [3.63, 3.8) is 0 Å². The lowest BCUT2D eigenvalue weighted by atomic mass is 10.2. The van der Waals surface area contributed by atoms with Crippen LogP contribution in [0.5, 0.6) is 17.2 Å². The molecule has 10 heteroatoms. The van der Waals surface area contributed by atoms with Crippen molar-refractivity contribution < 1.29 is 27.4 Å². The number of carbonyl (C=O) groups excluding carboxylic acids is 1. The fourth-order valence-electron chi connectivity index (χ4n) is 2.61. The number of rotatable bonds is 8. The number of methoxy groups -OCH3 is 2. The van der Waals surface area contributed by atoms with Gasteiger partial charge in [-0.2, -0.15) is 13.5 Å². The zero-order valence-electron chi connectivity index (χ0n) is 17.1. The van der Waals surface area contributed by atoms with Gasteiger partial charge in [-0.3, -0.25) is 0 Å². The van der Waals surface area contributed by atoms with Gasteiger partial charge in [0, 0.05) is 0 Å². The average Bonchev–Trinajstić information content (AvgIpc) is 2.81. The Hall–Kier alpha value is -3.56. The number of ether oxygens (including phenoxy) is 3. The Balaban J connectivity index is 1.77. The summed E-state index contributed by atoms with van der Waals surface area (Å²) in [7, 11) is -0.899. The van der Waals surface area contributed by atoms with Crippen LogP contribution in [0.1, 0.15) is 15.9 Å². The van der Waals surface area contributed by atoms with Gasteiger partial charge in [-0.1, -0.05) is 29.8 Å². The second kappa shape index (κ2) is 10.2. The number of hydrazone groups is 1. The molecule has 0 heterocycles. The minimum atomic E-state index is -3.81. The van der Waals surface area contributed by atoms with E-state index >= 15 is 0 Å². The van der Waals surface area contributed by atoms with E-state index in [9.17, 15) is 13.2 Å². The molecular formula is C22H19ClN2O6S. The number of hydrogen-bond donors (Lipinski definition) is 1. The van der Waals surface area contributed by atoms with E-state index in [0.29, 0.717) is 16.9 Å². The Morgan fingerprint density at radius 2 is 1.69 bits per heavy atom. The fourth-order valence-corrected chi connectivity index (χ4v) is 3.68. The Morgan fingerprint density at radius 3 is 2.31 bits per heavy atom. The summed E-state index contributed by atoms with van der Waals surface area (Å²) in [4.78, 5) is 14.7. The SMILES string of the molecule is COc1ccc(C(=O)Oc2c(Cl)cc(/C=N\NS(=O)(=O)c3ccccc3)cc2OC)cc1. The lowest BCUT2D eigenvalue weighted by Gasteiger charge is -2.12. The molecule has 3 aromatic rings. The molecule has 0 unspecified atom stereocenters. The first-order chi connectivity index (χ1) is 15.3. The summed E-state index contributed by atoms with van der Waals surface area (Å²) in [5, 5.41) is 3.85. The molecular weight excluding hydrogens is 456 g/mol. The second-order valence-corrected chi connectivity index (χ2v) is 8.39. The highest BCUT2D eigenvalue weighted by Crippen LogP contribution is 2.36. The van der Waals surface area contributed by atoms with Crippen LogP contribution >= 0.6 is 11.6 Å². The van der Waals surface area contributed by atoms with Gasteiger partial charge in [0.1, 0.15) is 5.75 Å². The number of nitrogens with one attached hydrogen (secondary N) is 1. The number of hydrogen-bond acceptors (Lipinski definition) is 7. The number of halogens is 1. The van der Waals surface area contributed by atoms with Gasteiger partial charge in [-0.15, -0.1) is 0 Å². The fraction of sp³-hybridized carbons (Fsp3) is 0.0909. The molecule has 3 rings (SSSR count). The van der Waals surface area contributed by atoms with Crippen LogP contribution in [-0.2, 0) is 10.0 Å². The summed E-state index contributed by atoms with van der Waals surface area (Å²) in [6.07, 6.45) is 1.25. The Morgan fingerprint density at radius 1 is 1.00 bits per heavy atom. The lowest BCUT2D eigenvalue weighted by molar-refractivity contribution is 0.0730. The third-order valence-corrected chi connectivity index (χ3v) is 5.73. The monoisotopic (exact) mass is 474 g/mol. The second-order valence-electron chi connectivity index (χ2n) is 6.32. The van der Waals surface area contributed by atoms with Gasteiger partial charge in [0.15, 0.2) is 11.5 Å². The summed E-state index contributed by atoms with van der Waals surface area (Å²) >= 11 is 6.28. The molecule has 0 atom stereocenters. The molecule has 0 aliphatic rings. The number of sulfonamides is 1. The van der Waals surface area contributed by atoms with E-state index in [4.69, 9.17) is 25.8 Å². The van der Waals surface area contributed by atoms with Gasteiger partial charge in [0.25, 0.3) is 10.0 Å². The third-order valence-electron chi connectivity index (χ3n) is 4.21. The molecule has 0 aromatic heterocycles. The quantitative estimate of drug-likeness (QED) is 0.230. The lowest BCUT2D eigenvalue weighted by Crippen LogP contribution is -2.18. The summed E-state index contributed by atoms with van der Waals surface area (Å²) in [5.41, 5.74) is 0.719. The average molecular weight is 475 g/mol. The third kappa shape index (κ3) is 5.57. The van der Waals surface area contributed by atoms with Crippen molar-refractivity contribution in [1.82, 2.24) is 4.83 Å². The van der Waals surface area contributed by atoms with Gasteiger partial charge in [-0.25, -0.2) is 9.63 Å². The smallest absolute Gasteiger partial charge is 0.343 e. The Kier molecular flexibility index (Phi) is 7.34. The molecule has 1 N–H and O–H groups in total. The molecule has 0 radical (unpaired) electrons. The minimum absolute atomic E-state index is 0.0250. The minimum Gasteiger partial charge on any atom is -0.497 e. The number of esters is 1. The van der Waals surface area contributed by atoms with E-state index in [1.54, 1.807) is 42.5 Å². The van der Waals surface area contributed by atoms with E-state index < -0.39 is 16.0 Å². The van der Waals surface area contributed by atoms with Crippen LogP contribution in [0.15, 0.2) is 76.7 Å². The van der Waals surface area contributed by atoms with E-state index in [1.165, 1.54) is 44.7 Å². The maximum Gasteiger partial charge on any atom is 0.343 e. The summed E-state index contributed by atoms with van der Waals surface area (Å²) in [5.74, 6) is 0.164. The zero-order valence-corrected chi connectivity index (χ0v) is 18.7. The van der Waals surface area contributed by atoms with Gasteiger partial charge < -0.3 is 14.2 Å². The van der Waals surface area contributed by atoms with Crippen molar-refractivity contribution in [3.8, 4) is 17.2 Å². The van der Waals surface area contributed by atoms with Gasteiger partial charge in [0.05, 0.1) is 35.9 Å². The largest absolute Gasteiger partial charge is 0.497 e. The molecule has 0 spiro atoms. The van der Waals surface area contributed by atoms with E-state index in [-0.39, 0.29) is 21.4 Å². The maximum absolute atomic E-state index is 12.5. The van der Waals surface area contributed by atoms with E-state index in [2.05, 4.69) is 9.93 Å². The summed E-state index contributed by atoms with van der Waals surface area (Å²) < 4.78 is 40.2. The first-order valence-corrected chi connectivity index (χ1v) is 11.0. The topological polar surface area (TPSA) is 103 Å². The molecule has 0 aliphatic heterocycles. The highest BCUT2D eigenvalue weighted by Gasteiger charge is 2.17. The van der Waals surface area contributed by atoms with Gasteiger partial charge >= 0.3 is 5.97 Å². The molecule has 32 heavy (non-hydrogen) atoms. The Bertz CT molecular complexity index is 1230. The van der Waals surface area contributed by atoms with E-state index in [1.807, 2.05) is 0 Å². The zero-order chi connectivity index (χ0) is 23.1. The molecule has 166 valence electrons. The van der Waals surface area contributed by atoms with E-state index in [0.717, 1.165) is 0 Å². The predicted molar refractivity (Wildman–Crippen MR) is 120 cm³/mol. The van der Waals surface area contributed by atoms with Crippen molar-refractivity contribution in [1.29, 1.82) is 0 Å². The predicted octanol–water partition coefficient (Wildman–Crippen LogP) is 3.89. The highest BCUT2D eigenvalue weighted by atomic mass is 35.5. The van der Waals surface area contributed by atoms with Crippen molar-refractivity contribution in [2.24, 2.45) is 5.10 Å². The molecule has 0 aliphatic carbocycles. The first kappa shape index (κ1) is 23.1. The summed E-state index contributed by atoms with van der Waals surface area (Å²) in [6.45, 7) is 0. The first-order valence-electron chi connectivity index (χ1n) is 9.17. The molecule has 3 aromatic carbocycles. The highest BCUT2D eigenvalue weighted by molar-refractivity contribution is 7.89. The van der Waals surface area contributed by atoms with Gasteiger partial charge in [0.2, 0.25) is 0 Å². The Labute approximate surface area is 190 Å². The van der Waals surface area contributed by atoms with Crippen LogP contribution in [0.3, 0.4) is 0 Å². The maximum atomic E-state index is 12.5. The van der Waals surface area contributed by atoms with Gasteiger partial charge in [-0.05, 0) is 54.1 Å². The summed E-state index contributed by atoms with van der Waals surface area (Å²) in [6, 6.07) is 17.2. The van der Waals surface area contributed by atoms with Crippen molar-refractivity contribution in [2.45, 2.75) is 4.90 Å². The van der Waals surface area contributed by atoms with Crippen LogP contribution in [0.2, 0.25) is 5.02 Å². The van der Waals surface area contributed by atoms with Crippen molar-refractivity contribution >= 4 is 33.8 Å². The van der Waals surface area contributed by atoms with Crippen molar-refractivity contribution in [3.05, 3.63) is 82.9 Å². The molecule has 0 fully saturated rings. The van der Waals surface area contributed by atoms with Crippen molar-refractivity contribution in [2.75, 3.05) is 14.2 Å². The molecule has 0 bridgehead atoms. The number of nitrogens with zero attached hydrogens (tertiary/aromatic N) is 1. The molecule has 0 amide bonds. The van der Waals surface area contributed by atoms with Crippen LogP contribution in [0.4, 0.5) is 0 Å². The molecule has 8 nitrogen and oxygen atoms in total. The molecule has 0 saturated carbocycles. The number of benzene rings is 3. The van der Waals surface area contributed by atoms with Crippen LogP contribution in [0.25, 0.3) is 0 Å².